The number of aliphatic carboxylic acids is 1. The first-order chi connectivity index (χ1) is 12.5. The van der Waals surface area contributed by atoms with E-state index >= 15 is 0 Å². The Labute approximate surface area is 152 Å². The largest absolute Gasteiger partial charge is 0.483 e. The fourth-order valence-electron chi connectivity index (χ4n) is 3.18. The molecule has 0 spiro atoms. The van der Waals surface area contributed by atoms with Crippen molar-refractivity contribution in [2.24, 2.45) is 0 Å². The molecule has 0 aromatic carbocycles. The summed E-state index contributed by atoms with van der Waals surface area (Å²) in [5, 5.41) is 20.2. The molecule has 0 amide bonds. The second-order valence-corrected chi connectivity index (χ2v) is 6.28. The molecule has 1 atom stereocenters. The highest BCUT2D eigenvalue weighted by molar-refractivity contribution is 5.66. The molecule has 8 nitrogen and oxygen atoms in total. The normalized spacial score (nSPS) is 17.2. The average molecular weight is 360 g/mol. The van der Waals surface area contributed by atoms with Gasteiger partial charge < -0.3 is 10.2 Å². The van der Waals surface area contributed by atoms with Crippen molar-refractivity contribution in [2.45, 2.75) is 38.8 Å². The maximum absolute atomic E-state index is 10.8. The van der Waals surface area contributed by atoms with Crippen LogP contribution in [0.4, 0.5) is 0 Å². The van der Waals surface area contributed by atoms with Crippen LogP contribution in [0.3, 0.4) is 0 Å². The monoisotopic (exact) mass is 360 g/mol. The number of pyridine rings is 1. The summed E-state index contributed by atoms with van der Waals surface area (Å²) >= 11 is 0. The van der Waals surface area contributed by atoms with Crippen molar-refractivity contribution < 1.29 is 19.8 Å². The van der Waals surface area contributed by atoms with E-state index in [4.69, 9.17) is 15.0 Å². The number of piperidine rings is 1. The Morgan fingerprint density at radius 3 is 2.85 bits per heavy atom. The summed E-state index contributed by atoms with van der Waals surface area (Å²) in [6.45, 7) is 4.55. The molecule has 140 valence electrons. The molecule has 1 unspecified atom stereocenters. The molecule has 2 aromatic heterocycles. The van der Waals surface area contributed by atoms with Crippen LogP contribution in [0.5, 0.6) is 0 Å². The predicted octanol–water partition coefficient (Wildman–Crippen LogP) is 1.75. The first-order valence-electron chi connectivity index (χ1n) is 8.49. The van der Waals surface area contributed by atoms with Crippen LogP contribution in [-0.2, 0) is 22.7 Å². The van der Waals surface area contributed by atoms with Gasteiger partial charge in [0.2, 0.25) is 0 Å². The Morgan fingerprint density at radius 1 is 1.38 bits per heavy atom. The minimum absolute atomic E-state index is 0.0797. The van der Waals surface area contributed by atoms with Crippen LogP contribution in [0.2, 0.25) is 0 Å². The number of rotatable bonds is 5. The van der Waals surface area contributed by atoms with E-state index in [0.29, 0.717) is 5.92 Å². The number of carboxylic acid groups (broad SMARTS) is 2. The molecule has 3 heterocycles. The Hall–Kier alpha value is -2.74. The van der Waals surface area contributed by atoms with Gasteiger partial charge in [0.05, 0.1) is 11.4 Å². The molecule has 0 aliphatic carbocycles. The third-order valence-electron chi connectivity index (χ3n) is 4.21. The van der Waals surface area contributed by atoms with E-state index in [1.807, 2.05) is 25.1 Å². The summed E-state index contributed by atoms with van der Waals surface area (Å²) in [7, 11) is 0. The number of hydrogen-bond acceptors (Lipinski definition) is 5. The van der Waals surface area contributed by atoms with Gasteiger partial charge in [0.25, 0.3) is 6.47 Å². The van der Waals surface area contributed by atoms with Gasteiger partial charge in [-0.15, -0.1) is 0 Å². The fourth-order valence-corrected chi connectivity index (χ4v) is 3.18. The molecule has 3 rings (SSSR count). The molecule has 8 heteroatoms. The lowest BCUT2D eigenvalue weighted by molar-refractivity contribution is -0.137. The van der Waals surface area contributed by atoms with E-state index in [2.05, 4.69) is 21.0 Å². The van der Waals surface area contributed by atoms with Gasteiger partial charge in [-0.2, -0.15) is 5.10 Å². The second kappa shape index (κ2) is 9.67. The number of carbonyl (C=O) groups is 2. The molecule has 1 aliphatic rings. The van der Waals surface area contributed by atoms with Gasteiger partial charge in [-0.05, 0) is 44.5 Å². The van der Waals surface area contributed by atoms with Crippen molar-refractivity contribution in [1.29, 1.82) is 0 Å². The number of aryl methyl sites for hydroxylation is 1. The van der Waals surface area contributed by atoms with Crippen LogP contribution in [0.1, 0.15) is 35.8 Å². The maximum Gasteiger partial charge on any atom is 0.325 e. The fraction of sp³-hybridized carbons (Fsp3) is 0.444. The zero-order chi connectivity index (χ0) is 18.9. The zero-order valence-corrected chi connectivity index (χ0v) is 14.8. The number of hydrogen-bond donors (Lipinski definition) is 2. The molecule has 26 heavy (non-hydrogen) atoms. The molecule has 0 radical (unpaired) electrons. The third kappa shape index (κ3) is 5.96. The van der Waals surface area contributed by atoms with Gasteiger partial charge in [-0.25, -0.2) is 0 Å². The predicted molar refractivity (Wildman–Crippen MR) is 94.8 cm³/mol. The summed E-state index contributed by atoms with van der Waals surface area (Å²) in [4.78, 5) is 26.1. The van der Waals surface area contributed by atoms with Gasteiger partial charge in [0, 0.05) is 30.9 Å². The molecular formula is C18H24N4O4. The summed E-state index contributed by atoms with van der Waals surface area (Å²) in [6.07, 6.45) is 3.98. The summed E-state index contributed by atoms with van der Waals surface area (Å²) in [5.41, 5.74) is 3.14. The summed E-state index contributed by atoms with van der Waals surface area (Å²) < 4.78 is 1.50. The van der Waals surface area contributed by atoms with Gasteiger partial charge >= 0.3 is 5.97 Å². The Kier molecular flexibility index (Phi) is 7.28. The molecule has 0 saturated carbocycles. The van der Waals surface area contributed by atoms with E-state index in [9.17, 15) is 4.79 Å². The summed E-state index contributed by atoms with van der Waals surface area (Å²) in [6, 6.07) is 8.07. The van der Waals surface area contributed by atoms with Crippen molar-refractivity contribution in [2.75, 3.05) is 13.1 Å². The van der Waals surface area contributed by atoms with Crippen LogP contribution in [0.25, 0.3) is 0 Å². The smallest absolute Gasteiger partial charge is 0.325 e. The quantitative estimate of drug-likeness (QED) is 0.782. The molecular weight excluding hydrogens is 336 g/mol. The van der Waals surface area contributed by atoms with Crippen LogP contribution in [0, 0.1) is 6.92 Å². The van der Waals surface area contributed by atoms with Crippen LogP contribution in [-0.4, -0.2) is 55.4 Å². The Morgan fingerprint density at radius 2 is 2.15 bits per heavy atom. The molecule has 1 aliphatic heterocycles. The number of likely N-dealkylation sites (tertiary alicyclic amines) is 1. The highest BCUT2D eigenvalue weighted by Gasteiger charge is 2.23. The standard InChI is InChI=1S/C17H22N4O2.CH2O2/c1-13-4-2-6-15(18-13)11-20-8-3-5-14(10-20)16-7-9-21(19-16)12-17(22)23;2-1-3/h2,4,6-7,9,14H,3,5,8,10-12H2,1H3,(H,22,23);1H,(H,2,3). The Balaban J connectivity index is 0.000000758. The van der Waals surface area contributed by atoms with Gasteiger partial charge in [0.15, 0.2) is 0 Å². The van der Waals surface area contributed by atoms with Gasteiger partial charge in [-0.3, -0.25) is 24.2 Å². The van der Waals surface area contributed by atoms with Crippen molar-refractivity contribution in [3.8, 4) is 0 Å². The van der Waals surface area contributed by atoms with E-state index in [0.717, 1.165) is 49.6 Å². The third-order valence-corrected chi connectivity index (χ3v) is 4.21. The first kappa shape index (κ1) is 19.6. The van der Waals surface area contributed by atoms with Crippen LogP contribution >= 0.6 is 0 Å². The van der Waals surface area contributed by atoms with Gasteiger partial charge in [-0.1, -0.05) is 6.07 Å². The van der Waals surface area contributed by atoms with Crippen molar-refractivity contribution in [3.05, 3.63) is 47.5 Å². The minimum atomic E-state index is -0.865. The van der Waals surface area contributed by atoms with Crippen molar-refractivity contribution in [1.82, 2.24) is 19.7 Å². The lowest BCUT2D eigenvalue weighted by Crippen LogP contribution is -2.34. The van der Waals surface area contributed by atoms with E-state index in [1.54, 1.807) is 6.20 Å². The Bertz CT molecular complexity index is 731. The number of carboxylic acids is 1. The molecule has 2 N–H and O–H groups in total. The molecule has 1 saturated heterocycles. The van der Waals surface area contributed by atoms with E-state index in [1.165, 1.54) is 4.68 Å². The topological polar surface area (TPSA) is 109 Å². The lowest BCUT2D eigenvalue weighted by atomic mass is 9.95. The van der Waals surface area contributed by atoms with Crippen LogP contribution in [0.15, 0.2) is 30.5 Å². The minimum Gasteiger partial charge on any atom is -0.483 e. The second-order valence-electron chi connectivity index (χ2n) is 6.28. The number of aromatic nitrogens is 3. The lowest BCUT2D eigenvalue weighted by Gasteiger charge is -2.31. The van der Waals surface area contributed by atoms with Gasteiger partial charge in [0.1, 0.15) is 6.54 Å². The van der Waals surface area contributed by atoms with E-state index in [-0.39, 0.29) is 13.0 Å². The molecule has 1 fully saturated rings. The highest BCUT2D eigenvalue weighted by atomic mass is 16.4. The molecule has 0 bridgehead atoms. The van der Waals surface area contributed by atoms with Crippen LogP contribution < -0.4 is 0 Å². The van der Waals surface area contributed by atoms with E-state index < -0.39 is 5.97 Å². The highest BCUT2D eigenvalue weighted by Crippen LogP contribution is 2.26. The first-order valence-corrected chi connectivity index (χ1v) is 8.49. The average Bonchev–Trinajstić information content (AvgIpc) is 3.04. The molecule has 2 aromatic rings. The van der Waals surface area contributed by atoms with Crippen molar-refractivity contribution >= 4 is 12.4 Å². The summed E-state index contributed by atoms with van der Waals surface area (Å²) in [5.74, 6) is -0.501. The zero-order valence-electron chi connectivity index (χ0n) is 14.8. The van der Waals surface area contributed by atoms with Crippen molar-refractivity contribution in [3.63, 3.8) is 0 Å². The SMILES string of the molecule is Cc1cccc(CN2CCCC(c3ccn(CC(=O)O)n3)C2)n1.O=CO. The maximum atomic E-state index is 10.8. The number of nitrogens with zero attached hydrogens (tertiary/aromatic N) is 4.